The van der Waals surface area contributed by atoms with Crippen molar-refractivity contribution in [3.05, 3.63) is 59.7 Å². The van der Waals surface area contributed by atoms with Crippen molar-refractivity contribution < 1.29 is 18.0 Å². The molecule has 1 saturated heterocycles. The Morgan fingerprint density at radius 2 is 1.65 bits per heavy atom. The topological polar surface area (TPSA) is 23.6 Å². The van der Waals surface area contributed by atoms with Gasteiger partial charge in [0.2, 0.25) is 0 Å². The number of carbonyl (C=O) groups is 1. The van der Waals surface area contributed by atoms with E-state index in [1.165, 1.54) is 12.1 Å². The quantitative estimate of drug-likeness (QED) is 0.738. The van der Waals surface area contributed by atoms with E-state index in [0.717, 1.165) is 11.0 Å². The Bertz CT molecular complexity index is 769. The van der Waals surface area contributed by atoms with E-state index >= 15 is 0 Å². The molecule has 0 atom stereocenters. The maximum Gasteiger partial charge on any atom is 0.416 e. The lowest BCUT2D eigenvalue weighted by atomic mass is 10.1. The Kier molecular flexibility index (Phi) is 5.46. The van der Waals surface area contributed by atoms with Crippen LogP contribution in [0.5, 0.6) is 0 Å². The van der Waals surface area contributed by atoms with Crippen LogP contribution in [-0.4, -0.2) is 43.2 Å². The van der Waals surface area contributed by atoms with Gasteiger partial charge in [-0.15, -0.1) is 11.8 Å². The number of hydrogen-bond donors (Lipinski definition) is 0. The van der Waals surface area contributed by atoms with Crippen LogP contribution in [0, 0.1) is 0 Å². The average molecular weight is 380 g/mol. The van der Waals surface area contributed by atoms with Gasteiger partial charge in [-0.3, -0.25) is 4.79 Å². The molecule has 0 radical (unpaired) electrons. The Morgan fingerprint density at radius 3 is 2.23 bits per heavy atom. The van der Waals surface area contributed by atoms with Crippen LogP contribution in [0.15, 0.2) is 53.4 Å². The zero-order chi connectivity index (χ0) is 18.7. The number of alkyl halides is 3. The van der Waals surface area contributed by atoms with Crippen molar-refractivity contribution in [2.75, 3.05) is 37.3 Å². The number of thioether (sulfide) groups is 1. The minimum absolute atomic E-state index is 0.0404. The summed E-state index contributed by atoms with van der Waals surface area (Å²) in [5.74, 6) is -0.0404. The van der Waals surface area contributed by atoms with Gasteiger partial charge in [0.15, 0.2) is 0 Å². The molecule has 3 rings (SSSR count). The summed E-state index contributed by atoms with van der Waals surface area (Å²) in [6.45, 7) is 1.99. The summed E-state index contributed by atoms with van der Waals surface area (Å²) in [7, 11) is 0. The fourth-order valence-electron chi connectivity index (χ4n) is 2.96. The van der Waals surface area contributed by atoms with Crippen LogP contribution in [0.25, 0.3) is 0 Å². The third-order valence-corrected chi connectivity index (χ3v) is 5.19. The largest absolute Gasteiger partial charge is 0.416 e. The van der Waals surface area contributed by atoms with Crippen LogP contribution < -0.4 is 4.90 Å². The first-order valence-electron chi connectivity index (χ1n) is 8.24. The standard InChI is InChI=1S/C19H19F3N2OS/c1-26-17-7-5-14(6-8-17)18(25)24-11-9-23(10-12-24)16-4-2-3-15(13-16)19(20,21)22/h2-8,13H,9-12H2,1H3. The van der Waals surface area contributed by atoms with Crippen molar-refractivity contribution in [1.82, 2.24) is 4.90 Å². The molecule has 7 heteroatoms. The van der Waals surface area contributed by atoms with Gasteiger partial charge in [-0.2, -0.15) is 13.2 Å². The van der Waals surface area contributed by atoms with E-state index in [4.69, 9.17) is 0 Å². The molecule has 1 aliphatic rings. The second-order valence-corrected chi connectivity index (χ2v) is 6.94. The Balaban J connectivity index is 1.64. The number of halogens is 3. The molecule has 1 aliphatic heterocycles. The molecule has 2 aromatic rings. The van der Waals surface area contributed by atoms with Crippen molar-refractivity contribution in [3.63, 3.8) is 0 Å². The second-order valence-electron chi connectivity index (χ2n) is 6.06. The smallest absolute Gasteiger partial charge is 0.368 e. The third-order valence-electron chi connectivity index (χ3n) is 4.44. The highest BCUT2D eigenvalue weighted by Crippen LogP contribution is 2.32. The van der Waals surface area contributed by atoms with Crippen molar-refractivity contribution in [2.45, 2.75) is 11.1 Å². The van der Waals surface area contributed by atoms with Gasteiger partial charge in [-0.25, -0.2) is 0 Å². The number of hydrogen-bond acceptors (Lipinski definition) is 3. The first kappa shape index (κ1) is 18.6. The van der Waals surface area contributed by atoms with Gasteiger partial charge in [-0.05, 0) is 48.7 Å². The summed E-state index contributed by atoms with van der Waals surface area (Å²) >= 11 is 1.61. The van der Waals surface area contributed by atoms with Gasteiger partial charge in [0, 0.05) is 42.3 Å². The SMILES string of the molecule is CSc1ccc(C(=O)N2CCN(c3cccc(C(F)(F)F)c3)CC2)cc1. The molecule has 1 amide bonds. The van der Waals surface area contributed by atoms with Crippen molar-refractivity contribution in [3.8, 4) is 0 Å². The second kappa shape index (κ2) is 7.61. The maximum atomic E-state index is 12.9. The molecule has 1 heterocycles. The van der Waals surface area contributed by atoms with Gasteiger partial charge in [0.05, 0.1) is 5.56 Å². The molecule has 0 N–H and O–H groups in total. The summed E-state index contributed by atoms with van der Waals surface area (Å²) in [5.41, 5.74) is 0.522. The molecule has 0 unspecified atom stereocenters. The number of carbonyl (C=O) groups excluding carboxylic acids is 1. The highest BCUT2D eigenvalue weighted by atomic mass is 32.2. The van der Waals surface area contributed by atoms with Gasteiger partial charge < -0.3 is 9.80 Å². The molecule has 138 valence electrons. The maximum absolute atomic E-state index is 12.9. The number of amides is 1. The molecule has 26 heavy (non-hydrogen) atoms. The number of nitrogens with zero attached hydrogens (tertiary/aromatic N) is 2. The fraction of sp³-hybridized carbons (Fsp3) is 0.316. The fourth-order valence-corrected chi connectivity index (χ4v) is 3.37. The molecule has 0 spiro atoms. The van der Waals surface area contributed by atoms with Crippen molar-refractivity contribution in [2.24, 2.45) is 0 Å². The van der Waals surface area contributed by atoms with E-state index in [0.29, 0.717) is 37.4 Å². The zero-order valence-electron chi connectivity index (χ0n) is 14.3. The van der Waals surface area contributed by atoms with Crippen LogP contribution in [-0.2, 0) is 6.18 Å². The minimum atomic E-state index is -4.35. The molecule has 0 aromatic heterocycles. The first-order valence-corrected chi connectivity index (χ1v) is 9.46. The number of piperazine rings is 1. The normalized spacial score (nSPS) is 15.2. The lowest BCUT2D eigenvalue weighted by Gasteiger charge is -2.36. The van der Waals surface area contributed by atoms with Gasteiger partial charge >= 0.3 is 6.18 Å². The Labute approximate surface area is 154 Å². The Morgan fingerprint density at radius 1 is 1.00 bits per heavy atom. The summed E-state index contributed by atoms with van der Waals surface area (Å²) in [6, 6.07) is 12.8. The third kappa shape index (κ3) is 4.15. The summed E-state index contributed by atoms with van der Waals surface area (Å²) in [6.07, 6.45) is -2.37. The highest BCUT2D eigenvalue weighted by Gasteiger charge is 2.31. The molecular formula is C19H19F3N2OS. The van der Waals surface area contributed by atoms with E-state index < -0.39 is 11.7 Å². The summed E-state index contributed by atoms with van der Waals surface area (Å²) in [5, 5.41) is 0. The van der Waals surface area contributed by atoms with Crippen LogP contribution in [0.2, 0.25) is 0 Å². The summed E-state index contributed by atoms with van der Waals surface area (Å²) < 4.78 is 38.6. The van der Waals surface area contributed by atoms with Gasteiger partial charge in [-0.1, -0.05) is 6.07 Å². The van der Waals surface area contributed by atoms with E-state index in [2.05, 4.69) is 0 Å². The molecule has 0 bridgehead atoms. The number of anilines is 1. The van der Waals surface area contributed by atoms with Crippen molar-refractivity contribution >= 4 is 23.4 Å². The highest BCUT2D eigenvalue weighted by molar-refractivity contribution is 7.98. The Hall–Kier alpha value is -2.15. The lowest BCUT2D eigenvalue weighted by molar-refractivity contribution is -0.137. The predicted octanol–water partition coefficient (Wildman–Crippen LogP) is 4.39. The zero-order valence-corrected chi connectivity index (χ0v) is 15.1. The van der Waals surface area contributed by atoms with E-state index in [1.807, 2.05) is 35.4 Å². The first-order chi connectivity index (χ1) is 12.4. The van der Waals surface area contributed by atoms with Crippen LogP contribution >= 0.6 is 11.8 Å². The molecule has 0 saturated carbocycles. The summed E-state index contributed by atoms with van der Waals surface area (Å²) in [4.78, 5) is 17.3. The van der Waals surface area contributed by atoms with Gasteiger partial charge in [0.25, 0.3) is 5.91 Å². The molecule has 3 nitrogen and oxygen atoms in total. The lowest BCUT2D eigenvalue weighted by Crippen LogP contribution is -2.48. The van der Waals surface area contributed by atoms with Gasteiger partial charge in [0.1, 0.15) is 0 Å². The number of rotatable bonds is 3. The molecular weight excluding hydrogens is 361 g/mol. The van der Waals surface area contributed by atoms with Crippen LogP contribution in [0.4, 0.5) is 18.9 Å². The minimum Gasteiger partial charge on any atom is -0.368 e. The number of benzene rings is 2. The molecule has 0 aliphatic carbocycles. The predicted molar refractivity (Wildman–Crippen MR) is 97.8 cm³/mol. The van der Waals surface area contributed by atoms with Crippen LogP contribution in [0.1, 0.15) is 15.9 Å². The average Bonchev–Trinajstić information content (AvgIpc) is 2.67. The molecule has 2 aromatic carbocycles. The van der Waals surface area contributed by atoms with Crippen LogP contribution in [0.3, 0.4) is 0 Å². The van der Waals surface area contributed by atoms with E-state index in [-0.39, 0.29) is 5.91 Å². The van der Waals surface area contributed by atoms with E-state index in [9.17, 15) is 18.0 Å². The van der Waals surface area contributed by atoms with E-state index in [1.54, 1.807) is 22.7 Å². The van der Waals surface area contributed by atoms with Crippen molar-refractivity contribution in [1.29, 1.82) is 0 Å². The monoisotopic (exact) mass is 380 g/mol. The molecule has 1 fully saturated rings.